The predicted octanol–water partition coefficient (Wildman–Crippen LogP) is 10.0. The third kappa shape index (κ3) is 8.73. The van der Waals surface area contributed by atoms with Gasteiger partial charge in [0.25, 0.3) is 5.56 Å². The molecule has 0 bridgehead atoms. The zero-order chi connectivity index (χ0) is 44.4. The SMILES string of the molecule is CC(Nc1ncnc2nc[nH]c12)c1cc2cccc(Cl)c2c(=O)n1-c1ccccc1.CCCS(=O)(=O)Nc1ccc(F)c(C(=O)c2c[nH]c3ncc(-c4ccc(Cl)cc4)cc23)c1F. The van der Waals surface area contributed by atoms with Gasteiger partial charge in [-0.25, -0.2) is 37.1 Å². The number of aromatic nitrogens is 7. The summed E-state index contributed by atoms with van der Waals surface area (Å²) in [6, 6.07) is 27.2. The summed E-state index contributed by atoms with van der Waals surface area (Å²) in [6.45, 7) is 3.63. The van der Waals surface area contributed by atoms with Crippen LogP contribution in [0.4, 0.5) is 20.3 Å². The van der Waals surface area contributed by atoms with Crippen molar-refractivity contribution in [3.8, 4) is 16.8 Å². The number of para-hydroxylation sites is 1. The van der Waals surface area contributed by atoms with E-state index in [9.17, 15) is 22.4 Å². The highest BCUT2D eigenvalue weighted by atomic mass is 35.5. The van der Waals surface area contributed by atoms with Crippen molar-refractivity contribution in [3.05, 3.63) is 171 Å². The van der Waals surface area contributed by atoms with E-state index in [0.29, 0.717) is 55.4 Å². The molecule has 0 radical (unpaired) electrons. The van der Waals surface area contributed by atoms with Crippen molar-refractivity contribution in [2.75, 3.05) is 15.8 Å². The predicted molar refractivity (Wildman–Crippen MR) is 242 cm³/mol. The van der Waals surface area contributed by atoms with Crippen LogP contribution in [-0.2, 0) is 10.0 Å². The van der Waals surface area contributed by atoms with Gasteiger partial charge >= 0.3 is 0 Å². The largest absolute Gasteiger partial charge is 0.360 e. The summed E-state index contributed by atoms with van der Waals surface area (Å²) in [5, 5.41) is 6.04. The van der Waals surface area contributed by atoms with E-state index in [1.165, 1.54) is 12.5 Å². The van der Waals surface area contributed by atoms with Gasteiger partial charge in [-0.3, -0.25) is 18.9 Å². The van der Waals surface area contributed by atoms with Crippen molar-refractivity contribution in [1.29, 1.82) is 0 Å². The normalized spacial score (nSPS) is 12.0. The fourth-order valence-electron chi connectivity index (χ4n) is 7.11. The zero-order valence-corrected chi connectivity index (χ0v) is 35.7. The number of sulfonamides is 1. The number of imidazole rings is 1. The molecule has 5 heterocycles. The average Bonchev–Trinajstić information content (AvgIpc) is 3.93. The van der Waals surface area contributed by atoms with Crippen molar-refractivity contribution in [2.45, 2.75) is 26.3 Å². The molecule has 18 heteroatoms. The smallest absolute Gasteiger partial charge is 0.264 e. The van der Waals surface area contributed by atoms with E-state index in [0.717, 1.165) is 34.5 Å². The monoisotopic (exact) mass is 905 g/mol. The van der Waals surface area contributed by atoms with Crippen LogP contribution in [0.3, 0.4) is 0 Å². The molecule has 0 aliphatic rings. The van der Waals surface area contributed by atoms with Gasteiger partial charge in [0.15, 0.2) is 17.3 Å². The Kier molecular flexibility index (Phi) is 12.0. The Hall–Kier alpha value is -7.01. The first-order valence-corrected chi connectivity index (χ1v) is 21.8. The van der Waals surface area contributed by atoms with Gasteiger partial charge in [0, 0.05) is 45.3 Å². The van der Waals surface area contributed by atoms with Crippen LogP contribution in [-0.4, -0.2) is 54.4 Å². The topological polar surface area (TPSA) is 180 Å². The van der Waals surface area contributed by atoms with Gasteiger partial charge in [-0.1, -0.05) is 72.6 Å². The Morgan fingerprint density at radius 1 is 0.889 bits per heavy atom. The summed E-state index contributed by atoms with van der Waals surface area (Å²) in [6.07, 6.45) is 6.26. The number of hydrogen-bond donors (Lipinski definition) is 4. The van der Waals surface area contributed by atoms with Crippen LogP contribution in [0.15, 0.2) is 127 Å². The number of aromatic amines is 2. The quantitative estimate of drug-likeness (QED) is 0.0919. The van der Waals surface area contributed by atoms with E-state index in [-0.39, 0.29) is 22.9 Å². The maximum Gasteiger partial charge on any atom is 0.264 e. The lowest BCUT2D eigenvalue weighted by Gasteiger charge is -2.21. The van der Waals surface area contributed by atoms with Crippen LogP contribution >= 0.6 is 23.2 Å². The summed E-state index contributed by atoms with van der Waals surface area (Å²) in [5.41, 5.74) is 3.14. The Labute approximate surface area is 368 Å². The Bertz CT molecular complexity index is 3350. The summed E-state index contributed by atoms with van der Waals surface area (Å²) in [4.78, 5) is 49.5. The number of hydrogen-bond acceptors (Lipinski definition) is 9. The number of H-pyrrole nitrogens is 2. The van der Waals surface area contributed by atoms with Crippen molar-refractivity contribution in [1.82, 2.24) is 34.5 Å². The summed E-state index contributed by atoms with van der Waals surface area (Å²) >= 11 is 12.3. The molecule has 1 unspecified atom stereocenters. The Morgan fingerprint density at radius 2 is 1.67 bits per heavy atom. The molecule has 5 aromatic heterocycles. The van der Waals surface area contributed by atoms with Crippen LogP contribution in [0.5, 0.6) is 0 Å². The number of benzene rings is 4. The molecule has 0 aliphatic heterocycles. The Balaban J connectivity index is 0.000000173. The molecule has 4 N–H and O–H groups in total. The summed E-state index contributed by atoms with van der Waals surface area (Å²) in [5.74, 6) is -2.96. The maximum absolute atomic E-state index is 15.1. The first kappa shape index (κ1) is 42.7. The molecule has 63 heavy (non-hydrogen) atoms. The molecule has 9 rings (SSSR count). The third-order valence-electron chi connectivity index (χ3n) is 10.1. The Morgan fingerprint density at radius 3 is 2.43 bits per heavy atom. The van der Waals surface area contributed by atoms with E-state index in [1.54, 1.807) is 60.4 Å². The number of nitrogens with zero attached hydrogens (tertiary/aromatic N) is 5. The number of ketones is 1. The lowest BCUT2D eigenvalue weighted by atomic mass is 10.00. The second kappa shape index (κ2) is 17.8. The first-order chi connectivity index (χ1) is 30.3. The van der Waals surface area contributed by atoms with Gasteiger partial charge in [0.05, 0.1) is 39.8 Å². The third-order valence-corrected chi connectivity index (χ3v) is 12.1. The summed E-state index contributed by atoms with van der Waals surface area (Å²) in [7, 11) is -3.84. The molecule has 13 nitrogen and oxygen atoms in total. The van der Waals surface area contributed by atoms with Crippen LogP contribution < -0.4 is 15.6 Å². The maximum atomic E-state index is 15.1. The van der Waals surface area contributed by atoms with Gasteiger partial charge in [0.1, 0.15) is 23.3 Å². The minimum absolute atomic E-state index is 0.000297. The number of carbonyl (C=O) groups is 1. The molecule has 0 spiro atoms. The van der Waals surface area contributed by atoms with Gasteiger partial charge in [-0.15, -0.1) is 0 Å². The molecule has 0 saturated heterocycles. The van der Waals surface area contributed by atoms with Gasteiger partial charge < -0.3 is 15.3 Å². The minimum Gasteiger partial charge on any atom is -0.360 e. The summed E-state index contributed by atoms with van der Waals surface area (Å²) < 4.78 is 57.5. The highest BCUT2D eigenvalue weighted by Crippen LogP contribution is 2.31. The highest BCUT2D eigenvalue weighted by molar-refractivity contribution is 7.92. The second-order valence-corrected chi connectivity index (χ2v) is 17.0. The van der Waals surface area contributed by atoms with E-state index >= 15 is 4.39 Å². The van der Waals surface area contributed by atoms with E-state index < -0.39 is 38.7 Å². The number of fused-ring (bicyclic) bond motifs is 3. The van der Waals surface area contributed by atoms with E-state index in [4.69, 9.17) is 23.2 Å². The van der Waals surface area contributed by atoms with Gasteiger partial charge in [-0.2, -0.15) is 0 Å². The van der Waals surface area contributed by atoms with Crippen molar-refractivity contribution in [3.63, 3.8) is 0 Å². The molecule has 0 amide bonds. The van der Waals surface area contributed by atoms with Crippen LogP contribution in [0.2, 0.25) is 10.0 Å². The van der Waals surface area contributed by atoms with Crippen molar-refractivity contribution in [2.24, 2.45) is 0 Å². The van der Waals surface area contributed by atoms with E-state index in [1.807, 2.05) is 55.5 Å². The van der Waals surface area contributed by atoms with Gasteiger partial charge in [0.2, 0.25) is 15.8 Å². The number of rotatable bonds is 11. The van der Waals surface area contributed by atoms with Crippen LogP contribution in [0, 0.1) is 11.6 Å². The van der Waals surface area contributed by atoms with Crippen molar-refractivity contribution < 1.29 is 22.0 Å². The molecule has 0 fully saturated rings. The number of nitrogens with one attached hydrogen (secondary N) is 4. The minimum atomic E-state index is -3.84. The standard InChI is InChI=1S/C23H18ClF2N3O3S.C22H17ClN6O/c1-2-9-33(31,32)29-19-8-7-18(25)20(21(19)26)22(30)17-12-28-23-16(17)10-14(11-27-23)13-3-5-15(24)6-4-13;1-13(28-21-19-20(25-11-24-19)26-12-27-21)17-10-14-6-5-9-16(23)18(14)22(30)29(17)15-7-3-2-4-8-15/h3-8,10-12,29H,2,9H2,1H3,(H,27,28);2-13H,1H3,(H2,24,25,26,27,28). The van der Waals surface area contributed by atoms with E-state index in [2.05, 4.69) is 39.9 Å². The fraction of sp³-hybridized carbons (Fsp3) is 0.111. The first-order valence-electron chi connectivity index (χ1n) is 19.4. The molecule has 1 atom stereocenters. The molecule has 4 aromatic carbocycles. The lowest BCUT2D eigenvalue weighted by molar-refractivity contribution is 0.103. The highest BCUT2D eigenvalue weighted by Gasteiger charge is 2.26. The zero-order valence-electron chi connectivity index (χ0n) is 33.3. The van der Waals surface area contributed by atoms with Crippen molar-refractivity contribution >= 4 is 83.5 Å². The molecule has 9 aromatic rings. The number of pyridine rings is 2. The fourth-order valence-corrected chi connectivity index (χ4v) is 8.63. The van der Waals surface area contributed by atoms with Gasteiger partial charge in [-0.05, 0) is 78.9 Å². The average molecular weight is 907 g/mol. The lowest BCUT2D eigenvalue weighted by Crippen LogP contribution is -2.25. The number of halogens is 4. The molecular formula is C45H35Cl2F2N9O4S. The molecule has 0 saturated carbocycles. The molecule has 318 valence electrons. The van der Waals surface area contributed by atoms with Crippen LogP contribution in [0.1, 0.15) is 47.9 Å². The van der Waals surface area contributed by atoms with Crippen LogP contribution in [0.25, 0.3) is 49.8 Å². The number of carbonyl (C=O) groups excluding carboxylic acids is 1. The molecule has 0 aliphatic carbocycles. The second-order valence-electron chi connectivity index (χ2n) is 14.3. The number of anilines is 2. The molecular weight excluding hydrogens is 872 g/mol.